The fourth-order valence-electron chi connectivity index (χ4n) is 3.37. The number of nitrogens with two attached hydrogens (primary N) is 1. The van der Waals surface area contributed by atoms with Gasteiger partial charge in [0.1, 0.15) is 35.4 Å². The van der Waals surface area contributed by atoms with Crippen molar-refractivity contribution in [2.75, 3.05) is 17.2 Å². The van der Waals surface area contributed by atoms with E-state index in [2.05, 4.69) is 10.1 Å². The highest BCUT2D eigenvalue weighted by molar-refractivity contribution is 5.72. The van der Waals surface area contributed by atoms with E-state index in [4.69, 9.17) is 5.73 Å². The lowest BCUT2D eigenvalue weighted by Gasteiger charge is -2.26. The van der Waals surface area contributed by atoms with Gasteiger partial charge in [-0.2, -0.15) is 5.26 Å². The predicted molar refractivity (Wildman–Crippen MR) is 89.2 cm³/mol. The van der Waals surface area contributed by atoms with Crippen molar-refractivity contribution in [1.29, 1.82) is 5.26 Å². The van der Waals surface area contributed by atoms with Crippen LogP contribution in [-0.2, 0) is 0 Å². The van der Waals surface area contributed by atoms with Crippen LogP contribution in [-0.4, -0.2) is 32.4 Å². The number of β-amino-alcohol motifs (C(OH)–C–C–N with tert-alkyl or cyclic N) is 1. The zero-order valence-electron chi connectivity index (χ0n) is 13.5. The fraction of sp³-hybridized carbons (Fsp3) is 0.235. The van der Waals surface area contributed by atoms with Gasteiger partial charge in [0.15, 0.2) is 5.82 Å². The van der Waals surface area contributed by atoms with E-state index >= 15 is 0 Å². The molecular weight excluding hydrogens is 342 g/mol. The van der Waals surface area contributed by atoms with Crippen molar-refractivity contribution in [3.05, 3.63) is 53.4 Å². The Labute approximate surface area is 146 Å². The minimum atomic E-state index is -0.717. The van der Waals surface area contributed by atoms with Gasteiger partial charge < -0.3 is 15.7 Å². The molecule has 1 fully saturated rings. The van der Waals surface area contributed by atoms with Crippen LogP contribution in [0.1, 0.15) is 23.6 Å². The Morgan fingerprint density at radius 3 is 2.88 bits per heavy atom. The van der Waals surface area contributed by atoms with Gasteiger partial charge in [0.25, 0.3) is 0 Å². The minimum Gasteiger partial charge on any atom is -0.391 e. The smallest absolute Gasteiger partial charge is 0.164 e. The molecule has 2 atom stereocenters. The van der Waals surface area contributed by atoms with Gasteiger partial charge in [0, 0.05) is 18.2 Å². The summed E-state index contributed by atoms with van der Waals surface area (Å²) in [6.45, 7) is 0.204. The number of aliphatic hydroxyl groups excluding tert-OH is 1. The topological polar surface area (TPSA) is 103 Å². The van der Waals surface area contributed by atoms with Gasteiger partial charge in [-0.25, -0.2) is 18.3 Å². The van der Waals surface area contributed by atoms with Gasteiger partial charge in [-0.15, -0.1) is 5.10 Å². The molecule has 1 aromatic carbocycles. The Morgan fingerprint density at radius 2 is 2.12 bits per heavy atom. The zero-order valence-corrected chi connectivity index (χ0v) is 13.5. The molecule has 0 radical (unpaired) electrons. The van der Waals surface area contributed by atoms with Crippen LogP contribution in [0.2, 0.25) is 0 Å². The number of benzene rings is 1. The molecule has 132 valence electrons. The van der Waals surface area contributed by atoms with Crippen molar-refractivity contribution < 1.29 is 13.9 Å². The molecule has 2 aromatic heterocycles. The molecule has 9 heteroatoms. The normalized spacial score (nSPS) is 19.8. The molecule has 0 spiro atoms. The van der Waals surface area contributed by atoms with Gasteiger partial charge in [-0.3, -0.25) is 0 Å². The second-order valence-corrected chi connectivity index (χ2v) is 6.17. The summed E-state index contributed by atoms with van der Waals surface area (Å²) in [5.41, 5.74) is 6.53. The molecule has 0 bridgehead atoms. The first kappa shape index (κ1) is 16.2. The standard InChI is InChI=1S/C17H14F2N6O/c18-9-1-2-13(19)11(3-9)14-4-10(26)7-24(14)16-5-15-12(6-20)17(21)23-25(15)8-22-16/h1-3,5,8,10,14,26H,4,7H2,(H2,21,23)/t10-,14+/m0/s1. The number of aromatic nitrogens is 3. The first-order valence-electron chi connectivity index (χ1n) is 7.91. The number of aliphatic hydroxyl groups is 1. The van der Waals surface area contributed by atoms with Gasteiger partial charge in [0.2, 0.25) is 0 Å². The van der Waals surface area contributed by atoms with E-state index in [9.17, 15) is 19.1 Å². The molecule has 3 aromatic rings. The average molecular weight is 356 g/mol. The molecule has 0 aliphatic carbocycles. The lowest BCUT2D eigenvalue weighted by Crippen LogP contribution is -2.26. The Kier molecular flexibility index (Phi) is 3.70. The van der Waals surface area contributed by atoms with Crippen molar-refractivity contribution in [2.45, 2.75) is 18.6 Å². The molecule has 1 aliphatic rings. The molecule has 0 unspecified atom stereocenters. The number of nitrogen functional groups attached to an aromatic ring is 1. The molecule has 1 saturated heterocycles. The number of hydrogen-bond donors (Lipinski definition) is 2. The van der Waals surface area contributed by atoms with Crippen LogP contribution in [0.5, 0.6) is 0 Å². The quantitative estimate of drug-likeness (QED) is 0.725. The highest BCUT2D eigenvalue weighted by Gasteiger charge is 2.35. The minimum absolute atomic E-state index is 0.0839. The lowest BCUT2D eigenvalue weighted by atomic mass is 10.0. The maximum Gasteiger partial charge on any atom is 0.164 e. The van der Waals surface area contributed by atoms with Crippen molar-refractivity contribution in [3.63, 3.8) is 0 Å². The number of halogens is 2. The lowest BCUT2D eigenvalue weighted by molar-refractivity contribution is 0.194. The largest absolute Gasteiger partial charge is 0.391 e. The molecule has 0 saturated carbocycles. The third-order valence-corrected chi connectivity index (χ3v) is 4.54. The van der Waals surface area contributed by atoms with Crippen molar-refractivity contribution in [1.82, 2.24) is 14.6 Å². The second-order valence-electron chi connectivity index (χ2n) is 6.17. The van der Waals surface area contributed by atoms with Crippen molar-refractivity contribution in [2.24, 2.45) is 0 Å². The highest BCUT2D eigenvalue weighted by Crippen LogP contribution is 2.37. The summed E-state index contributed by atoms with van der Waals surface area (Å²) in [6, 6.07) is 6.25. The average Bonchev–Trinajstić information content (AvgIpc) is 3.15. The van der Waals surface area contributed by atoms with E-state index in [1.165, 1.54) is 10.8 Å². The summed E-state index contributed by atoms with van der Waals surface area (Å²) < 4.78 is 29.2. The SMILES string of the molecule is N#Cc1c(N)nn2cnc(N3C[C@@H](O)C[C@@H]3c3cc(F)ccc3F)cc12. The summed E-state index contributed by atoms with van der Waals surface area (Å²) >= 11 is 0. The van der Waals surface area contributed by atoms with Crippen LogP contribution in [0.3, 0.4) is 0 Å². The Balaban J connectivity index is 1.81. The molecule has 3 N–H and O–H groups in total. The highest BCUT2D eigenvalue weighted by atomic mass is 19.1. The van der Waals surface area contributed by atoms with Gasteiger partial charge >= 0.3 is 0 Å². The summed E-state index contributed by atoms with van der Waals surface area (Å²) in [4.78, 5) is 5.96. The van der Waals surface area contributed by atoms with Crippen LogP contribution >= 0.6 is 0 Å². The van der Waals surface area contributed by atoms with Crippen molar-refractivity contribution >= 4 is 17.2 Å². The summed E-state index contributed by atoms with van der Waals surface area (Å²) in [5.74, 6) is -0.607. The van der Waals surface area contributed by atoms with E-state index in [-0.39, 0.29) is 29.9 Å². The van der Waals surface area contributed by atoms with Crippen molar-refractivity contribution in [3.8, 4) is 6.07 Å². The van der Waals surface area contributed by atoms with Gasteiger partial charge in [-0.05, 0) is 24.6 Å². The molecule has 3 heterocycles. The predicted octanol–water partition coefficient (Wildman–Crippen LogP) is 1.77. The molecule has 4 rings (SSSR count). The number of nitrogens with zero attached hydrogens (tertiary/aromatic N) is 5. The Morgan fingerprint density at radius 1 is 1.31 bits per heavy atom. The van der Waals surface area contributed by atoms with Gasteiger partial charge in [0.05, 0.1) is 17.7 Å². The molecular formula is C17H14F2N6O. The number of rotatable bonds is 2. The number of anilines is 2. The van der Waals surface area contributed by atoms with E-state index in [0.717, 1.165) is 18.2 Å². The van der Waals surface area contributed by atoms with Gasteiger partial charge in [-0.1, -0.05) is 0 Å². The fourth-order valence-corrected chi connectivity index (χ4v) is 3.37. The molecule has 26 heavy (non-hydrogen) atoms. The van der Waals surface area contributed by atoms with E-state index in [0.29, 0.717) is 11.3 Å². The van der Waals surface area contributed by atoms with E-state index in [1.807, 2.05) is 6.07 Å². The molecule has 7 nitrogen and oxygen atoms in total. The molecule has 0 amide bonds. The third-order valence-electron chi connectivity index (χ3n) is 4.54. The molecule has 1 aliphatic heterocycles. The maximum atomic E-state index is 14.2. The maximum absolute atomic E-state index is 14.2. The number of hydrogen-bond acceptors (Lipinski definition) is 6. The summed E-state index contributed by atoms with van der Waals surface area (Å²) in [5, 5.41) is 23.3. The summed E-state index contributed by atoms with van der Waals surface area (Å²) in [7, 11) is 0. The van der Waals surface area contributed by atoms with Crippen LogP contribution < -0.4 is 10.6 Å². The van der Waals surface area contributed by atoms with E-state index < -0.39 is 23.8 Å². The first-order chi connectivity index (χ1) is 12.5. The third kappa shape index (κ3) is 2.51. The van der Waals surface area contributed by atoms with Crippen LogP contribution in [0, 0.1) is 23.0 Å². The second kappa shape index (κ2) is 5.93. The van der Waals surface area contributed by atoms with Crippen LogP contribution in [0.25, 0.3) is 5.52 Å². The Hall–Kier alpha value is -3.25. The van der Waals surface area contributed by atoms with Crippen LogP contribution in [0.15, 0.2) is 30.6 Å². The summed E-state index contributed by atoms with van der Waals surface area (Å²) in [6.07, 6.45) is 0.914. The van der Waals surface area contributed by atoms with E-state index in [1.54, 1.807) is 11.0 Å². The first-order valence-corrected chi connectivity index (χ1v) is 7.91. The number of fused-ring (bicyclic) bond motifs is 1. The zero-order chi connectivity index (χ0) is 18.4. The monoisotopic (exact) mass is 356 g/mol. The number of nitriles is 1. The van der Waals surface area contributed by atoms with Crippen LogP contribution in [0.4, 0.5) is 20.4 Å². The Bertz CT molecular complexity index is 1040.